The first kappa shape index (κ1) is 11.5. The van der Waals surface area contributed by atoms with Crippen LogP contribution in [0.25, 0.3) is 10.9 Å². The maximum atomic E-state index is 11.5. The summed E-state index contributed by atoms with van der Waals surface area (Å²) in [4.78, 5) is 21.2. The molecule has 2 aromatic heterocycles. The van der Waals surface area contributed by atoms with Crippen molar-refractivity contribution in [2.45, 2.75) is 0 Å². The molecule has 1 aliphatic heterocycles. The van der Waals surface area contributed by atoms with E-state index in [-0.39, 0.29) is 0 Å². The molecule has 0 unspecified atom stereocenters. The number of pyridine rings is 2. The Morgan fingerprint density at radius 2 is 2.17 bits per heavy atom. The molecule has 1 aliphatic rings. The zero-order chi connectivity index (χ0) is 12.7. The van der Waals surface area contributed by atoms with E-state index in [4.69, 9.17) is 27.9 Å². The third kappa shape index (κ3) is 1.85. The lowest BCUT2D eigenvalue weighted by molar-refractivity contribution is 0.181. The molecule has 2 aromatic rings. The molecule has 0 N–H and O–H groups in total. The fraction of sp³-hybridized carbons (Fsp3) is 0.182. The van der Waals surface area contributed by atoms with Gasteiger partial charge < -0.3 is 4.74 Å². The van der Waals surface area contributed by atoms with Crippen LogP contribution in [-0.2, 0) is 4.74 Å². The maximum absolute atomic E-state index is 11.5. The monoisotopic (exact) mass is 283 g/mol. The highest BCUT2D eigenvalue weighted by Crippen LogP contribution is 2.28. The molecule has 3 rings (SSSR count). The quantitative estimate of drug-likeness (QED) is 0.755. The van der Waals surface area contributed by atoms with Gasteiger partial charge in [0.2, 0.25) is 0 Å². The molecule has 7 heteroatoms. The minimum atomic E-state index is -0.418. The number of fused-ring (bicyclic) bond motifs is 1. The van der Waals surface area contributed by atoms with Gasteiger partial charge in [-0.2, -0.15) is 0 Å². The second kappa shape index (κ2) is 4.26. The third-order valence-electron chi connectivity index (χ3n) is 2.63. The topological polar surface area (TPSA) is 55.3 Å². The molecule has 3 heterocycles. The first-order valence-corrected chi connectivity index (χ1v) is 5.97. The second-order valence-electron chi connectivity index (χ2n) is 3.75. The van der Waals surface area contributed by atoms with E-state index in [0.29, 0.717) is 40.0 Å². The van der Waals surface area contributed by atoms with Gasteiger partial charge in [-0.3, -0.25) is 4.90 Å². The Bertz CT molecular complexity index is 647. The summed E-state index contributed by atoms with van der Waals surface area (Å²) in [6.45, 7) is 0.819. The highest BCUT2D eigenvalue weighted by molar-refractivity contribution is 6.36. The smallest absolute Gasteiger partial charge is 0.415 e. The summed E-state index contributed by atoms with van der Waals surface area (Å²) in [5.74, 6) is 0.456. The molecule has 1 saturated heterocycles. The lowest BCUT2D eigenvalue weighted by Crippen LogP contribution is -2.24. The Balaban J connectivity index is 2.16. The average molecular weight is 284 g/mol. The Hall–Kier alpha value is -1.59. The highest BCUT2D eigenvalue weighted by Gasteiger charge is 2.25. The molecule has 0 aliphatic carbocycles. The Morgan fingerprint density at radius 1 is 1.33 bits per heavy atom. The fourth-order valence-electron chi connectivity index (χ4n) is 1.78. The number of cyclic esters (lactones) is 1. The molecule has 0 aromatic carbocycles. The summed E-state index contributed by atoms with van der Waals surface area (Å²) in [5.41, 5.74) is 0.595. The van der Waals surface area contributed by atoms with E-state index in [9.17, 15) is 4.79 Å². The maximum Gasteiger partial charge on any atom is 0.415 e. The molecule has 18 heavy (non-hydrogen) atoms. The van der Waals surface area contributed by atoms with Crippen molar-refractivity contribution < 1.29 is 9.53 Å². The molecule has 5 nitrogen and oxygen atoms in total. The van der Waals surface area contributed by atoms with E-state index in [1.165, 1.54) is 4.90 Å². The van der Waals surface area contributed by atoms with Crippen LogP contribution in [0.2, 0.25) is 10.2 Å². The van der Waals surface area contributed by atoms with Crippen LogP contribution in [0.15, 0.2) is 18.3 Å². The van der Waals surface area contributed by atoms with Crippen molar-refractivity contribution in [3.8, 4) is 0 Å². The Labute approximate surface area is 112 Å². The van der Waals surface area contributed by atoms with E-state index >= 15 is 0 Å². The lowest BCUT2D eigenvalue weighted by Gasteiger charge is -2.12. The third-order valence-corrected chi connectivity index (χ3v) is 3.15. The van der Waals surface area contributed by atoms with Crippen molar-refractivity contribution in [1.82, 2.24) is 9.97 Å². The molecule has 1 fully saturated rings. The molecular formula is C11H7Cl2N3O2. The van der Waals surface area contributed by atoms with Crippen LogP contribution in [-0.4, -0.2) is 29.2 Å². The summed E-state index contributed by atoms with van der Waals surface area (Å²) in [6, 6.07) is 3.22. The molecule has 0 bridgehead atoms. The summed E-state index contributed by atoms with van der Waals surface area (Å²) in [5, 5.41) is 1.49. The Kier molecular flexibility index (Phi) is 2.72. The first-order chi connectivity index (χ1) is 8.65. The number of carbonyl (C=O) groups is 1. The van der Waals surface area contributed by atoms with E-state index in [1.807, 2.05) is 0 Å². The van der Waals surface area contributed by atoms with E-state index < -0.39 is 6.09 Å². The van der Waals surface area contributed by atoms with Gasteiger partial charge in [-0.15, -0.1) is 0 Å². The number of rotatable bonds is 1. The van der Waals surface area contributed by atoms with E-state index in [1.54, 1.807) is 18.3 Å². The number of ether oxygens (including phenoxy) is 1. The molecule has 92 valence electrons. The minimum absolute atomic E-state index is 0.326. The summed E-state index contributed by atoms with van der Waals surface area (Å²) >= 11 is 12.0. The second-order valence-corrected chi connectivity index (χ2v) is 4.55. The van der Waals surface area contributed by atoms with Crippen molar-refractivity contribution in [3.05, 3.63) is 28.5 Å². The van der Waals surface area contributed by atoms with Gasteiger partial charge >= 0.3 is 6.09 Å². The molecule has 0 spiro atoms. The molecule has 0 saturated carbocycles. The van der Waals surface area contributed by atoms with Crippen molar-refractivity contribution in [3.63, 3.8) is 0 Å². The number of aromatic nitrogens is 2. The highest BCUT2D eigenvalue weighted by atomic mass is 35.5. The number of anilines is 1. The summed E-state index contributed by atoms with van der Waals surface area (Å²) < 4.78 is 4.86. The zero-order valence-electron chi connectivity index (χ0n) is 9.06. The number of hydrogen-bond donors (Lipinski definition) is 0. The largest absolute Gasteiger partial charge is 0.447 e. The Morgan fingerprint density at radius 3 is 2.89 bits per heavy atom. The first-order valence-electron chi connectivity index (χ1n) is 5.21. The van der Waals surface area contributed by atoms with Gasteiger partial charge in [0, 0.05) is 23.7 Å². The van der Waals surface area contributed by atoms with Crippen LogP contribution in [0.1, 0.15) is 0 Å². The molecule has 0 atom stereocenters. The number of halogens is 2. The van der Waals surface area contributed by atoms with Gasteiger partial charge in [-0.1, -0.05) is 23.2 Å². The molecule has 1 amide bonds. The van der Waals surface area contributed by atoms with Gasteiger partial charge in [-0.05, 0) is 0 Å². The number of hydrogen-bond acceptors (Lipinski definition) is 4. The minimum Gasteiger partial charge on any atom is -0.447 e. The van der Waals surface area contributed by atoms with Crippen LogP contribution in [0, 0.1) is 0 Å². The van der Waals surface area contributed by atoms with Crippen molar-refractivity contribution in [2.75, 3.05) is 18.1 Å². The van der Waals surface area contributed by atoms with Crippen molar-refractivity contribution in [2.24, 2.45) is 0 Å². The normalized spacial score (nSPS) is 15.2. The van der Waals surface area contributed by atoms with Gasteiger partial charge in [-0.25, -0.2) is 14.8 Å². The fourth-order valence-corrected chi connectivity index (χ4v) is 2.18. The van der Waals surface area contributed by atoms with Gasteiger partial charge in [0.15, 0.2) is 0 Å². The standard InChI is InChI=1S/C11H7Cl2N3O2/c12-7-3-10(16-1-2-18-11(16)17)15-8-4-9(13)14-5-6(7)8/h3-5H,1-2H2. The van der Waals surface area contributed by atoms with E-state index in [0.717, 1.165) is 0 Å². The molecular weight excluding hydrogens is 277 g/mol. The van der Waals surface area contributed by atoms with Gasteiger partial charge in [0.25, 0.3) is 0 Å². The lowest BCUT2D eigenvalue weighted by atomic mass is 10.2. The van der Waals surface area contributed by atoms with Gasteiger partial charge in [0.1, 0.15) is 17.6 Å². The van der Waals surface area contributed by atoms with Crippen LogP contribution in [0.5, 0.6) is 0 Å². The number of nitrogens with zero attached hydrogens (tertiary/aromatic N) is 3. The van der Waals surface area contributed by atoms with Crippen LogP contribution >= 0.6 is 23.2 Å². The number of carbonyl (C=O) groups excluding carboxylic acids is 1. The van der Waals surface area contributed by atoms with Crippen molar-refractivity contribution >= 4 is 46.0 Å². The van der Waals surface area contributed by atoms with Crippen LogP contribution < -0.4 is 4.90 Å². The molecule has 0 radical (unpaired) electrons. The van der Waals surface area contributed by atoms with Crippen LogP contribution in [0.3, 0.4) is 0 Å². The average Bonchev–Trinajstić information content (AvgIpc) is 2.74. The van der Waals surface area contributed by atoms with Gasteiger partial charge in [0.05, 0.1) is 17.1 Å². The SMILES string of the molecule is O=C1OCCN1c1cc(Cl)c2cnc(Cl)cc2n1. The summed E-state index contributed by atoms with van der Waals surface area (Å²) in [7, 11) is 0. The zero-order valence-corrected chi connectivity index (χ0v) is 10.6. The predicted octanol–water partition coefficient (Wildman–Crippen LogP) is 2.89. The van der Waals surface area contributed by atoms with Crippen molar-refractivity contribution in [1.29, 1.82) is 0 Å². The van der Waals surface area contributed by atoms with E-state index in [2.05, 4.69) is 9.97 Å². The van der Waals surface area contributed by atoms with Crippen LogP contribution in [0.4, 0.5) is 10.6 Å². The summed E-state index contributed by atoms with van der Waals surface area (Å²) in [6.07, 6.45) is 1.14. The predicted molar refractivity (Wildman–Crippen MR) is 68.3 cm³/mol. The number of amides is 1.